The van der Waals surface area contributed by atoms with Crippen molar-refractivity contribution in [1.29, 1.82) is 0 Å². The van der Waals surface area contributed by atoms with Gasteiger partial charge < -0.3 is 15.4 Å². The molecule has 1 aliphatic heterocycles. The molecule has 0 spiro atoms. The van der Waals surface area contributed by atoms with E-state index in [-0.39, 0.29) is 0 Å². The lowest BCUT2D eigenvalue weighted by atomic mass is 10.1. The molecule has 1 atom stereocenters. The fourth-order valence-electron chi connectivity index (χ4n) is 2.48. The Bertz CT molecular complexity index is 607. The van der Waals surface area contributed by atoms with E-state index in [9.17, 15) is 0 Å². The Balaban J connectivity index is 1.82. The highest BCUT2D eigenvalue weighted by atomic mass is 32.1. The number of aryl methyl sites for hydroxylation is 1. The molecular weight excluding hydrogens is 284 g/mol. The van der Waals surface area contributed by atoms with Crippen LogP contribution in [0.1, 0.15) is 24.6 Å². The van der Waals surface area contributed by atoms with Crippen LogP contribution in [0.2, 0.25) is 0 Å². The van der Waals surface area contributed by atoms with Crippen LogP contribution in [0.15, 0.2) is 6.07 Å². The van der Waals surface area contributed by atoms with Gasteiger partial charge in [0, 0.05) is 30.5 Å². The molecule has 6 heteroatoms. The van der Waals surface area contributed by atoms with Crippen molar-refractivity contribution < 1.29 is 4.74 Å². The first-order chi connectivity index (χ1) is 10.3. The number of ether oxygens (including phenoxy) is 1. The highest BCUT2D eigenvalue weighted by molar-refractivity contribution is 7.18. The monoisotopic (exact) mass is 306 g/mol. The molecular formula is C15H22N4OS. The van der Waals surface area contributed by atoms with E-state index >= 15 is 0 Å². The molecule has 1 fully saturated rings. The summed E-state index contributed by atoms with van der Waals surface area (Å²) in [7, 11) is 0. The second kappa shape index (κ2) is 6.58. The quantitative estimate of drug-likeness (QED) is 0.858. The zero-order chi connectivity index (χ0) is 14.7. The van der Waals surface area contributed by atoms with Crippen LogP contribution in [-0.4, -0.2) is 36.3 Å². The van der Waals surface area contributed by atoms with Crippen LogP contribution < -0.4 is 10.6 Å². The number of thiophene rings is 1. The van der Waals surface area contributed by atoms with Crippen molar-refractivity contribution in [3.63, 3.8) is 0 Å². The van der Waals surface area contributed by atoms with E-state index in [1.165, 1.54) is 4.88 Å². The first kappa shape index (κ1) is 14.5. The Kier molecular flexibility index (Phi) is 4.55. The molecule has 1 aliphatic rings. The molecule has 0 aliphatic carbocycles. The topological polar surface area (TPSA) is 59.1 Å². The average Bonchev–Trinajstić information content (AvgIpc) is 3.10. The van der Waals surface area contributed by atoms with E-state index in [0.717, 1.165) is 61.1 Å². The molecule has 3 rings (SSSR count). The second-order valence-electron chi connectivity index (χ2n) is 5.51. The minimum Gasteiger partial charge on any atom is -0.381 e. The van der Waals surface area contributed by atoms with Crippen LogP contribution in [-0.2, 0) is 4.74 Å². The summed E-state index contributed by atoms with van der Waals surface area (Å²) in [5.74, 6) is 2.24. The largest absolute Gasteiger partial charge is 0.381 e. The second-order valence-corrected chi connectivity index (χ2v) is 6.74. The minimum atomic E-state index is 0.585. The van der Waals surface area contributed by atoms with Crippen molar-refractivity contribution in [3.05, 3.63) is 10.9 Å². The maximum Gasteiger partial charge on any atom is 0.226 e. The molecule has 1 unspecified atom stereocenters. The fraction of sp³-hybridized carbons (Fsp3) is 0.600. The van der Waals surface area contributed by atoms with Crippen LogP contribution in [0, 0.1) is 12.8 Å². The molecule has 0 radical (unpaired) electrons. The van der Waals surface area contributed by atoms with E-state index < -0.39 is 0 Å². The number of hydrogen-bond acceptors (Lipinski definition) is 6. The van der Waals surface area contributed by atoms with Gasteiger partial charge in [0.2, 0.25) is 5.95 Å². The molecule has 5 nitrogen and oxygen atoms in total. The highest BCUT2D eigenvalue weighted by Gasteiger charge is 2.17. The summed E-state index contributed by atoms with van der Waals surface area (Å²) < 4.78 is 5.43. The number of aromatic nitrogens is 2. The summed E-state index contributed by atoms with van der Waals surface area (Å²) in [6, 6.07) is 2.16. The Labute approximate surface area is 129 Å². The van der Waals surface area contributed by atoms with E-state index in [2.05, 4.69) is 40.5 Å². The van der Waals surface area contributed by atoms with E-state index in [1.807, 2.05) is 0 Å². The van der Waals surface area contributed by atoms with Crippen LogP contribution in [0.3, 0.4) is 0 Å². The lowest BCUT2D eigenvalue weighted by Crippen LogP contribution is -2.15. The molecule has 0 amide bonds. The molecule has 3 heterocycles. The van der Waals surface area contributed by atoms with Gasteiger partial charge in [-0.1, -0.05) is 6.92 Å². The maximum absolute atomic E-state index is 5.43. The molecule has 0 bridgehead atoms. The third-order valence-electron chi connectivity index (χ3n) is 3.63. The SMILES string of the molecule is CCCNc1nc(NCC2CCOC2)c2cc(C)sc2n1. The van der Waals surface area contributed by atoms with Gasteiger partial charge in [-0.05, 0) is 25.8 Å². The van der Waals surface area contributed by atoms with Gasteiger partial charge in [0.05, 0.1) is 12.0 Å². The van der Waals surface area contributed by atoms with Gasteiger partial charge in [-0.3, -0.25) is 0 Å². The Morgan fingerprint density at radius 3 is 3.05 bits per heavy atom. The molecule has 2 N–H and O–H groups in total. The Hall–Kier alpha value is -1.40. The van der Waals surface area contributed by atoms with Crippen LogP contribution in [0.5, 0.6) is 0 Å². The number of fused-ring (bicyclic) bond motifs is 1. The van der Waals surface area contributed by atoms with Crippen molar-refractivity contribution in [1.82, 2.24) is 9.97 Å². The maximum atomic E-state index is 5.43. The third-order valence-corrected chi connectivity index (χ3v) is 4.58. The van der Waals surface area contributed by atoms with Gasteiger partial charge >= 0.3 is 0 Å². The first-order valence-electron chi connectivity index (χ1n) is 7.60. The van der Waals surface area contributed by atoms with Gasteiger partial charge in [0.15, 0.2) is 0 Å². The normalized spacial score (nSPS) is 18.3. The first-order valence-corrected chi connectivity index (χ1v) is 8.41. The number of nitrogens with one attached hydrogen (secondary N) is 2. The van der Waals surface area contributed by atoms with Gasteiger partial charge in [-0.2, -0.15) is 4.98 Å². The van der Waals surface area contributed by atoms with Gasteiger partial charge in [-0.15, -0.1) is 11.3 Å². The molecule has 114 valence electrons. The predicted octanol–water partition coefficient (Wildman–Crippen LogP) is 3.27. The standard InChI is InChI=1S/C15H22N4OS/c1-3-5-16-15-18-13(17-8-11-4-6-20-9-11)12-7-10(2)21-14(12)19-15/h7,11H,3-6,8-9H2,1-2H3,(H2,16,17,18,19). The van der Waals surface area contributed by atoms with Crippen LogP contribution >= 0.6 is 11.3 Å². The molecule has 2 aromatic rings. The average molecular weight is 306 g/mol. The summed E-state index contributed by atoms with van der Waals surface area (Å²) in [6.07, 6.45) is 2.19. The molecule has 0 aromatic carbocycles. The number of rotatable bonds is 6. The van der Waals surface area contributed by atoms with Gasteiger partial charge in [0.25, 0.3) is 0 Å². The summed E-state index contributed by atoms with van der Waals surface area (Å²) >= 11 is 1.72. The zero-order valence-electron chi connectivity index (χ0n) is 12.6. The van der Waals surface area contributed by atoms with Crippen molar-refractivity contribution in [2.75, 3.05) is 36.9 Å². The summed E-state index contributed by atoms with van der Waals surface area (Å²) in [5, 5.41) is 7.90. The predicted molar refractivity (Wildman–Crippen MR) is 88.3 cm³/mol. The Morgan fingerprint density at radius 1 is 1.38 bits per heavy atom. The van der Waals surface area contributed by atoms with Crippen molar-refractivity contribution in [2.24, 2.45) is 5.92 Å². The highest BCUT2D eigenvalue weighted by Crippen LogP contribution is 2.30. The van der Waals surface area contributed by atoms with Crippen LogP contribution in [0.25, 0.3) is 10.2 Å². The molecule has 1 saturated heterocycles. The van der Waals surface area contributed by atoms with Gasteiger partial charge in [0.1, 0.15) is 10.6 Å². The lowest BCUT2D eigenvalue weighted by Gasteiger charge is -2.12. The Morgan fingerprint density at radius 2 is 2.29 bits per heavy atom. The number of nitrogens with zero attached hydrogens (tertiary/aromatic N) is 2. The third kappa shape index (κ3) is 3.44. The molecule has 21 heavy (non-hydrogen) atoms. The van der Waals surface area contributed by atoms with E-state index in [1.54, 1.807) is 11.3 Å². The summed E-state index contributed by atoms with van der Waals surface area (Å²) in [5.41, 5.74) is 0. The van der Waals surface area contributed by atoms with E-state index in [0.29, 0.717) is 5.92 Å². The smallest absolute Gasteiger partial charge is 0.226 e. The van der Waals surface area contributed by atoms with Gasteiger partial charge in [-0.25, -0.2) is 4.98 Å². The zero-order valence-corrected chi connectivity index (χ0v) is 13.4. The fourth-order valence-corrected chi connectivity index (χ4v) is 3.36. The van der Waals surface area contributed by atoms with Crippen molar-refractivity contribution >= 4 is 33.3 Å². The van der Waals surface area contributed by atoms with Crippen molar-refractivity contribution in [3.8, 4) is 0 Å². The minimum absolute atomic E-state index is 0.585. The summed E-state index contributed by atoms with van der Waals surface area (Å²) in [6.45, 7) is 7.79. The van der Waals surface area contributed by atoms with Crippen LogP contribution in [0.4, 0.5) is 11.8 Å². The summed E-state index contributed by atoms with van der Waals surface area (Å²) in [4.78, 5) is 11.6. The number of hydrogen-bond donors (Lipinski definition) is 2. The number of anilines is 2. The van der Waals surface area contributed by atoms with Crippen molar-refractivity contribution in [2.45, 2.75) is 26.7 Å². The lowest BCUT2D eigenvalue weighted by molar-refractivity contribution is 0.187. The molecule has 2 aromatic heterocycles. The van der Waals surface area contributed by atoms with E-state index in [4.69, 9.17) is 4.74 Å². The molecule has 0 saturated carbocycles.